The Bertz CT molecular complexity index is 604. The average Bonchev–Trinajstić information content (AvgIpc) is 2.73. The van der Waals surface area contributed by atoms with Crippen LogP contribution in [0, 0.1) is 13.8 Å². The fraction of sp³-hybridized carbons (Fsp3) is 0.471. The number of hydrogen-bond acceptors (Lipinski definition) is 2. The van der Waals surface area contributed by atoms with E-state index in [0.29, 0.717) is 12.6 Å². The zero-order valence-electron chi connectivity index (χ0n) is 13.3. The van der Waals surface area contributed by atoms with Gasteiger partial charge in [0, 0.05) is 22.3 Å². The largest absolute Gasteiger partial charge is 0.310 e. The molecule has 0 saturated carbocycles. The first-order valence-electron chi connectivity index (χ1n) is 7.55. The molecule has 1 aromatic heterocycles. The molecule has 2 aromatic rings. The molecule has 114 valence electrons. The first-order valence-corrected chi connectivity index (χ1v) is 7.93. The summed E-state index contributed by atoms with van der Waals surface area (Å²) in [5, 5.41) is 9.03. The summed E-state index contributed by atoms with van der Waals surface area (Å²) in [6.07, 6.45) is 1.14. The first-order chi connectivity index (χ1) is 10.0. The normalized spacial score (nSPS) is 12.6. The fourth-order valence-electron chi connectivity index (χ4n) is 2.74. The van der Waals surface area contributed by atoms with Crippen LogP contribution in [0.1, 0.15) is 48.8 Å². The molecule has 3 nitrogen and oxygen atoms in total. The predicted octanol–water partition coefficient (Wildman–Crippen LogP) is 4.26. The van der Waals surface area contributed by atoms with Crippen LogP contribution in [0.15, 0.2) is 24.3 Å². The number of benzene rings is 1. The van der Waals surface area contributed by atoms with Crippen LogP contribution in [0.4, 0.5) is 0 Å². The summed E-state index contributed by atoms with van der Waals surface area (Å²) >= 11 is 6.25. The third-order valence-corrected chi connectivity index (χ3v) is 4.22. The minimum atomic E-state index is 0.324. The van der Waals surface area contributed by atoms with Crippen molar-refractivity contribution in [3.05, 3.63) is 51.8 Å². The van der Waals surface area contributed by atoms with Gasteiger partial charge in [-0.15, -0.1) is 0 Å². The Hall–Kier alpha value is -1.32. The van der Waals surface area contributed by atoms with Crippen molar-refractivity contribution in [3.8, 4) is 0 Å². The zero-order chi connectivity index (χ0) is 15.4. The Kier molecular flexibility index (Phi) is 5.43. The van der Waals surface area contributed by atoms with Crippen LogP contribution >= 0.6 is 11.6 Å². The minimum Gasteiger partial charge on any atom is -0.310 e. The monoisotopic (exact) mass is 305 g/mol. The van der Waals surface area contributed by atoms with Crippen LogP contribution in [0.25, 0.3) is 0 Å². The highest BCUT2D eigenvalue weighted by atomic mass is 35.5. The smallest absolute Gasteiger partial charge is 0.0677 e. The van der Waals surface area contributed by atoms with Crippen molar-refractivity contribution in [1.82, 2.24) is 15.1 Å². The Morgan fingerprint density at radius 1 is 1.29 bits per heavy atom. The quantitative estimate of drug-likeness (QED) is 0.864. The molecule has 0 amide bonds. The summed E-state index contributed by atoms with van der Waals surface area (Å²) in [4.78, 5) is 0. The average molecular weight is 306 g/mol. The minimum absolute atomic E-state index is 0.324. The molecule has 0 spiro atoms. The Balaban J connectivity index is 2.25. The Morgan fingerprint density at radius 3 is 2.67 bits per heavy atom. The van der Waals surface area contributed by atoms with E-state index in [4.69, 9.17) is 16.7 Å². The van der Waals surface area contributed by atoms with Gasteiger partial charge < -0.3 is 5.32 Å². The molecule has 0 radical (unpaired) electrons. The number of nitrogens with one attached hydrogen (secondary N) is 1. The van der Waals surface area contributed by atoms with E-state index in [1.165, 1.54) is 11.3 Å². The number of halogens is 1. The highest BCUT2D eigenvalue weighted by Crippen LogP contribution is 2.23. The van der Waals surface area contributed by atoms with Gasteiger partial charge in [0.1, 0.15) is 0 Å². The number of hydrogen-bond donors (Lipinski definition) is 1. The predicted molar refractivity (Wildman–Crippen MR) is 89.0 cm³/mol. The zero-order valence-corrected chi connectivity index (χ0v) is 14.0. The lowest BCUT2D eigenvalue weighted by Crippen LogP contribution is -2.20. The third-order valence-electron chi connectivity index (χ3n) is 3.85. The Labute approximate surface area is 132 Å². The molecule has 21 heavy (non-hydrogen) atoms. The molecule has 1 N–H and O–H groups in total. The van der Waals surface area contributed by atoms with Crippen molar-refractivity contribution >= 4 is 11.6 Å². The van der Waals surface area contributed by atoms with Crippen LogP contribution in [0.5, 0.6) is 0 Å². The number of rotatable bonds is 6. The second kappa shape index (κ2) is 7.10. The van der Waals surface area contributed by atoms with Gasteiger partial charge in [-0.2, -0.15) is 5.10 Å². The number of nitrogens with zero attached hydrogens (tertiary/aromatic N) is 2. The van der Waals surface area contributed by atoms with Crippen molar-refractivity contribution in [2.24, 2.45) is 0 Å². The maximum Gasteiger partial charge on any atom is 0.0677 e. The number of aromatic nitrogens is 2. The molecule has 0 bridgehead atoms. The Morgan fingerprint density at radius 2 is 2.00 bits per heavy atom. The molecule has 0 aliphatic heterocycles. The van der Waals surface area contributed by atoms with E-state index in [2.05, 4.69) is 43.8 Å². The van der Waals surface area contributed by atoms with E-state index in [1.807, 2.05) is 18.2 Å². The van der Waals surface area contributed by atoms with E-state index >= 15 is 0 Å². The van der Waals surface area contributed by atoms with E-state index in [1.54, 1.807) is 0 Å². The van der Waals surface area contributed by atoms with Gasteiger partial charge in [0.15, 0.2) is 0 Å². The standard InChI is InChI=1S/C17H24ClN3/c1-5-10-19-12(2)17-13(3)20-21(14(17)4)11-15-8-6-7-9-16(15)18/h6-9,12,19H,5,10-11H2,1-4H3. The molecule has 1 heterocycles. The van der Waals surface area contributed by atoms with Gasteiger partial charge in [-0.1, -0.05) is 36.7 Å². The van der Waals surface area contributed by atoms with Crippen molar-refractivity contribution in [1.29, 1.82) is 0 Å². The van der Waals surface area contributed by atoms with Crippen LogP contribution in [0.3, 0.4) is 0 Å². The summed E-state index contributed by atoms with van der Waals surface area (Å²) in [5.41, 5.74) is 4.71. The topological polar surface area (TPSA) is 29.9 Å². The van der Waals surface area contributed by atoms with E-state index in [-0.39, 0.29) is 0 Å². The van der Waals surface area contributed by atoms with Crippen LogP contribution in [-0.4, -0.2) is 16.3 Å². The van der Waals surface area contributed by atoms with Crippen molar-refractivity contribution < 1.29 is 0 Å². The maximum atomic E-state index is 6.25. The summed E-state index contributed by atoms with van der Waals surface area (Å²) < 4.78 is 2.05. The summed E-state index contributed by atoms with van der Waals surface area (Å²) in [6.45, 7) is 10.3. The second-order valence-corrected chi connectivity index (χ2v) is 5.92. The first kappa shape index (κ1) is 16.1. The van der Waals surface area contributed by atoms with Crippen molar-refractivity contribution in [2.75, 3.05) is 6.54 Å². The van der Waals surface area contributed by atoms with Crippen molar-refractivity contribution in [3.63, 3.8) is 0 Å². The summed E-state index contributed by atoms with van der Waals surface area (Å²) in [6, 6.07) is 8.27. The lowest BCUT2D eigenvalue weighted by atomic mass is 10.1. The van der Waals surface area contributed by atoms with Crippen LogP contribution in [0.2, 0.25) is 5.02 Å². The molecule has 0 fully saturated rings. The molecule has 1 atom stereocenters. The van der Waals surface area contributed by atoms with Crippen LogP contribution in [-0.2, 0) is 6.54 Å². The molecule has 0 aliphatic rings. The van der Waals surface area contributed by atoms with E-state index in [0.717, 1.165) is 29.2 Å². The molecular weight excluding hydrogens is 282 g/mol. The van der Waals surface area contributed by atoms with Gasteiger partial charge in [0.25, 0.3) is 0 Å². The molecule has 0 aliphatic carbocycles. The van der Waals surface area contributed by atoms with E-state index in [9.17, 15) is 0 Å². The molecule has 2 rings (SSSR count). The molecular formula is C17H24ClN3. The van der Waals surface area contributed by atoms with Gasteiger partial charge in [-0.05, 0) is 45.4 Å². The molecule has 4 heteroatoms. The number of aryl methyl sites for hydroxylation is 1. The lowest BCUT2D eigenvalue weighted by molar-refractivity contribution is 0.564. The van der Waals surface area contributed by atoms with Crippen molar-refractivity contribution in [2.45, 2.75) is 46.7 Å². The highest BCUT2D eigenvalue weighted by Gasteiger charge is 2.17. The van der Waals surface area contributed by atoms with Gasteiger partial charge in [0.2, 0.25) is 0 Å². The molecule has 1 unspecified atom stereocenters. The summed E-state index contributed by atoms with van der Waals surface area (Å²) in [5.74, 6) is 0. The SMILES string of the molecule is CCCNC(C)c1c(C)nn(Cc2ccccc2Cl)c1C. The maximum absolute atomic E-state index is 6.25. The summed E-state index contributed by atoms with van der Waals surface area (Å²) in [7, 11) is 0. The van der Waals surface area contributed by atoms with Crippen LogP contribution < -0.4 is 5.32 Å². The van der Waals surface area contributed by atoms with Gasteiger partial charge in [-0.25, -0.2) is 0 Å². The molecule has 0 saturated heterocycles. The highest BCUT2D eigenvalue weighted by molar-refractivity contribution is 6.31. The molecule has 1 aromatic carbocycles. The second-order valence-electron chi connectivity index (χ2n) is 5.51. The van der Waals surface area contributed by atoms with Gasteiger partial charge >= 0.3 is 0 Å². The fourth-order valence-corrected chi connectivity index (χ4v) is 2.94. The lowest BCUT2D eigenvalue weighted by Gasteiger charge is -2.14. The van der Waals surface area contributed by atoms with E-state index < -0.39 is 0 Å². The van der Waals surface area contributed by atoms with Gasteiger partial charge in [0.05, 0.1) is 12.2 Å². The third kappa shape index (κ3) is 3.66. The van der Waals surface area contributed by atoms with Gasteiger partial charge in [-0.3, -0.25) is 4.68 Å².